The fourth-order valence-electron chi connectivity index (χ4n) is 2.90. The van der Waals surface area contributed by atoms with Crippen molar-refractivity contribution in [3.05, 3.63) is 41.1 Å². The summed E-state index contributed by atoms with van der Waals surface area (Å²) in [6.07, 6.45) is 4.48. The smallest absolute Gasteiger partial charge is 0.191 e. The number of guanidine groups is 1. The van der Waals surface area contributed by atoms with Crippen molar-refractivity contribution in [2.24, 2.45) is 12.0 Å². The molecule has 0 aliphatic rings. The van der Waals surface area contributed by atoms with E-state index in [0.29, 0.717) is 12.6 Å². The van der Waals surface area contributed by atoms with Gasteiger partial charge >= 0.3 is 0 Å². The number of furan rings is 1. The molecule has 0 bridgehead atoms. The van der Waals surface area contributed by atoms with Crippen molar-refractivity contribution in [3.63, 3.8) is 0 Å². The first-order chi connectivity index (χ1) is 12.4. The van der Waals surface area contributed by atoms with E-state index in [0.717, 1.165) is 36.7 Å². The van der Waals surface area contributed by atoms with Gasteiger partial charge in [-0.05, 0) is 58.2 Å². The summed E-state index contributed by atoms with van der Waals surface area (Å²) in [7, 11) is 2.00. The number of aryl methyl sites for hydroxylation is 2. The van der Waals surface area contributed by atoms with Crippen molar-refractivity contribution in [2.45, 2.75) is 66.0 Å². The second kappa shape index (κ2) is 9.46. The molecule has 2 unspecified atom stereocenters. The molecular formula is C20H33N5O. The predicted molar refractivity (Wildman–Crippen MR) is 107 cm³/mol. The molecule has 6 nitrogen and oxygen atoms in total. The molecule has 0 spiro atoms. The van der Waals surface area contributed by atoms with Gasteiger partial charge in [-0.15, -0.1) is 0 Å². The Morgan fingerprint density at radius 2 is 2.00 bits per heavy atom. The molecule has 0 fully saturated rings. The third-order valence-electron chi connectivity index (χ3n) is 4.76. The highest BCUT2D eigenvalue weighted by Gasteiger charge is 2.14. The Hall–Kier alpha value is -2.24. The first-order valence-electron chi connectivity index (χ1n) is 9.49. The van der Waals surface area contributed by atoms with E-state index in [1.807, 2.05) is 23.9 Å². The zero-order chi connectivity index (χ0) is 19.1. The highest BCUT2D eigenvalue weighted by atomic mass is 16.3. The van der Waals surface area contributed by atoms with Crippen LogP contribution in [0.4, 0.5) is 0 Å². The van der Waals surface area contributed by atoms with Gasteiger partial charge in [0.1, 0.15) is 5.76 Å². The van der Waals surface area contributed by atoms with Crippen LogP contribution in [0, 0.1) is 13.8 Å². The lowest BCUT2D eigenvalue weighted by Crippen LogP contribution is -2.46. The molecule has 2 aromatic heterocycles. The molecule has 0 aliphatic carbocycles. The van der Waals surface area contributed by atoms with Gasteiger partial charge in [0.05, 0.1) is 12.0 Å². The Kier molecular flexibility index (Phi) is 7.30. The highest BCUT2D eigenvalue weighted by Crippen LogP contribution is 2.14. The Morgan fingerprint density at radius 3 is 2.58 bits per heavy atom. The monoisotopic (exact) mass is 359 g/mol. The molecule has 6 heteroatoms. The Morgan fingerprint density at radius 1 is 1.27 bits per heavy atom. The van der Waals surface area contributed by atoms with Gasteiger partial charge in [0, 0.05) is 37.8 Å². The molecule has 0 saturated heterocycles. The Bertz CT molecular complexity index is 702. The van der Waals surface area contributed by atoms with Crippen molar-refractivity contribution in [1.82, 2.24) is 20.4 Å². The topological polar surface area (TPSA) is 67.4 Å². The molecule has 2 N–H and O–H groups in total. The Balaban J connectivity index is 1.99. The van der Waals surface area contributed by atoms with Crippen LogP contribution in [-0.2, 0) is 19.9 Å². The summed E-state index contributed by atoms with van der Waals surface area (Å²) in [5.41, 5.74) is 3.64. The van der Waals surface area contributed by atoms with Gasteiger partial charge in [-0.1, -0.05) is 6.92 Å². The molecule has 2 heterocycles. The van der Waals surface area contributed by atoms with E-state index in [-0.39, 0.29) is 6.04 Å². The van der Waals surface area contributed by atoms with Crippen molar-refractivity contribution in [3.8, 4) is 0 Å². The molecule has 0 amide bonds. The van der Waals surface area contributed by atoms with Crippen LogP contribution in [0.25, 0.3) is 0 Å². The van der Waals surface area contributed by atoms with Crippen molar-refractivity contribution < 1.29 is 4.42 Å². The van der Waals surface area contributed by atoms with Crippen LogP contribution in [0.5, 0.6) is 0 Å². The largest absolute Gasteiger partial charge is 0.469 e. The van der Waals surface area contributed by atoms with Gasteiger partial charge in [0.2, 0.25) is 0 Å². The number of hydrogen-bond donors (Lipinski definition) is 2. The maximum absolute atomic E-state index is 5.39. The van der Waals surface area contributed by atoms with Gasteiger partial charge < -0.3 is 15.1 Å². The summed E-state index contributed by atoms with van der Waals surface area (Å²) in [6, 6.07) is 4.53. The average Bonchev–Trinajstić information content (AvgIpc) is 3.19. The molecule has 0 radical (unpaired) electrons. The predicted octanol–water partition coefficient (Wildman–Crippen LogP) is 3.14. The summed E-state index contributed by atoms with van der Waals surface area (Å²) in [4.78, 5) is 4.73. The summed E-state index contributed by atoms with van der Waals surface area (Å²) in [6.45, 7) is 11.4. The number of nitrogens with one attached hydrogen (secondary N) is 2. The minimum absolute atomic E-state index is 0.260. The fraction of sp³-hybridized carbons (Fsp3) is 0.600. The molecule has 26 heavy (non-hydrogen) atoms. The molecule has 0 aliphatic heterocycles. The van der Waals surface area contributed by atoms with Gasteiger partial charge in [0.25, 0.3) is 0 Å². The zero-order valence-corrected chi connectivity index (χ0v) is 17.0. The molecule has 144 valence electrons. The third-order valence-corrected chi connectivity index (χ3v) is 4.76. The summed E-state index contributed by atoms with van der Waals surface area (Å²) in [5, 5.41) is 11.5. The second-order valence-corrected chi connectivity index (χ2v) is 7.04. The average molecular weight is 360 g/mol. The van der Waals surface area contributed by atoms with Crippen LogP contribution in [-0.4, -0.2) is 34.4 Å². The molecule has 0 saturated carbocycles. The summed E-state index contributed by atoms with van der Waals surface area (Å²) >= 11 is 0. The number of aromatic nitrogens is 2. The fourth-order valence-corrected chi connectivity index (χ4v) is 2.90. The van der Waals surface area contributed by atoms with E-state index in [9.17, 15) is 0 Å². The first-order valence-corrected chi connectivity index (χ1v) is 9.49. The number of nitrogens with zero attached hydrogens (tertiary/aromatic N) is 3. The number of hydrogen-bond acceptors (Lipinski definition) is 3. The van der Waals surface area contributed by atoms with E-state index in [4.69, 9.17) is 9.41 Å². The van der Waals surface area contributed by atoms with Crippen molar-refractivity contribution in [1.29, 1.82) is 0 Å². The minimum atomic E-state index is 0.260. The van der Waals surface area contributed by atoms with E-state index in [1.54, 1.807) is 6.26 Å². The second-order valence-electron chi connectivity index (χ2n) is 7.04. The molecule has 2 aromatic rings. The standard InChI is InChI=1S/C20H33N5O/c1-7-14(2)22-20(21-11-10-18-9-8-12-26-18)23-15(3)13-19-16(4)24-25(6)17(19)5/h8-9,12,14-15H,7,10-11,13H2,1-6H3,(H2,21,22,23). The third kappa shape index (κ3) is 5.64. The summed E-state index contributed by atoms with van der Waals surface area (Å²) < 4.78 is 7.34. The van der Waals surface area contributed by atoms with Gasteiger partial charge in [-0.25, -0.2) is 0 Å². The minimum Gasteiger partial charge on any atom is -0.469 e. The first kappa shape index (κ1) is 20.1. The van der Waals surface area contributed by atoms with Crippen LogP contribution in [0.15, 0.2) is 27.8 Å². The van der Waals surface area contributed by atoms with Gasteiger partial charge in [0.15, 0.2) is 5.96 Å². The van der Waals surface area contributed by atoms with E-state index in [1.165, 1.54) is 11.3 Å². The van der Waals surface area contributed by atoms with Gasteiger partial charge in [-0.3, -0.25) is 9.67 Å². The van der Waals surface area contributed by atoms with E-state index >= 15 is 0 Å². The van der Waals surface area contributed by atoms with Crippen LogP contribution < -0.4 is 10.6 Å². The molecule has 2 atom stereocenters. The number of rotatable bonds is 8. The van der Waals surface area contributed by atoms with Crippen LogP contribution >= 0.6 is 0 Å². The van der Waals surface area contributed by atoms with Crippen molar-refractivity contribution >= 4 is 5.96 Å². The maximum atomic E-state index is 5.39. The lowest BCUT2D eigenvalue weighted by molar-refractivity contribution is 0.510. The van der Waals surface area contributed by atoms with E-state index in [2.05, 4.69) is 50.4 Å². The van der Waals surface area contributed by atoms with Crippen LogP contribution in [0.2, 0.25) is 0 Å². The number of aliphatic imine (C=N–C) groups is 1. The van der Waals surface area contributed by atoms with Crippen molar-refractivity contribution in [2.75, 3.05) is 6.54 Å². The lowest BCUT2D eigenvalue weighted by Gasteiger charge is -2.21. The molecule has 2 rings (SSSR count). The SMILES string of the molecule is CCC(C)NC(=NCCc1ccco1)NC(C)Cc1c(C)nn(C)c1C. The molecule has 0 aromatic carbocycles. The van der Waals surface area contributed by atoms with Gasteiger partial charge in [-0.2, -0.15) is 5.10 Å². The molecular weight excluding hydrogens is 326 g/mol. The van der Waals surface area contributed by atoms with Crippen LogP contribution in [0.1, 0.15) is 49.9 Å². The zero-order valence-electron chi connectivity index (χ0n) is 17.0. The Labute approximate surface area is 157 Å². The highest BCUT2D eigenvalue weighted by molar-refractivity contribution is 5.80. The summed E-state index contributed by atoms with van der Waals surface area (Å²) in [5.74, 6) is 1.82. The maximum Gasteiger partial charge on any atom is 0.191 e. The van der Waals surface area contributed by atoms with E-state index < -0.39 is 0 Å². The quantitative estimate of drug-likeness (QED) is 0.561. The normalized spacial score (nSPS) is 14.3. The lowest BCUT2D eigenvalue weighted by atomic mass is 10.1. The van der Waals surface area contributed by atoms with Crippen LogP contribution in [0.3, 0.4) is 0 Å².